The van der Waals surface area contributed by atoms with Crippen molar-refractivity contribution in [2.24, 2.45) is 0 Å². The molecule has 0 unspecified atom stereocenters. The third-order valence-electron chi connectivity index (χ3n) is 2.96. The van der Waals surface area contributed by atoms with Gasteiger partial charge in [-0.15, -0.1) is 0 Å². The van der Waals surface area contributed by atoms with E-state index in [2.05, 4.69) is 46.4 Å². The molecule has 0 aliphatic carbocycles. The fraction of sp³-hybridized carbons (Fsp3) is 0.429. The number of unbranched alkanes of at least 4 members (excludes halogenated alkanes) is 1. The van der Waals surface area contributed by atoms with Crippen LogP contribution in [0.3, 0.4) is 0 Å². The lowest BCUT2D eigenvalue weighted by atomic mass is 10.3. The lowest BCUT2D eigenvalue weighted by Crippen LogP contribution is -2.35. The zero-order chi connectivity index (χ0) is 12.1. The van der Waals surface area contributed by atoms with Crippen LogP contribution in [0.2, 0.25) is 0 Å². The number of nitrogens with zero attached hydrogens (tertiary/aromatic N) is 3. The van der Waals surface area contributed by atoms with Gasteiger partial charge in [-0.25, -0.2) is 14.1 Å². The summed E-state index contributed by atoms with van der Waals surface area (Å²) < 4.78 is 4.55. The number of hydrogen-bond donors (Lipinski definition) is 0. The zero-order valence-electron chi connectivity index (χ0n) is 10.6. The first-order valence-corrected chi connectivity index (χ1v) is 6.36. The van der Waals surface area contributed by atoms with E-state index in [1.807, 2.05) is 18.3 Å². The normalized spacial score (nSPS) is 10.7. The molecule has 0 amide bonds. The van der Waals surface area contributed by atoms with Crippen molar-refractivity contribution in [3.05, 3.63) is 36.8 Å². The van der Waals surface area contributed by atoms with Gasteiger partial charge in [0.15, 0.2) is 5.69 Å². The average molecular weight is 230 g/mol. The molecule has 0 atom stereocenters. The van der Waals surface area contributed by atoms with E-state index in [0.29, 0.717) is 0 Å². The molecule has 0 aliphatic heterocycles. The summed E-state index contributed by atoms with van der Waals surface area (Å²) in [5, 5.41) is 0. The number of aryl methyl sites for hydroxylation is 2. The molecule has 0 saturated heterocycles. The largest absolute Gasteiger partial charge is 0.307 e. The molecule has 3 nitrogen and oxygen atoms in total. The Hall–Kier alpha value is -1.64. The summed E-state index contributed by atoms with van der Waals surface area (Å²) in [6.07, 6.45) is 8.57. The van der Waals surface area contributed by atoms with Crippen molar-refractivity contribution in [1.29, 1.82) is 0 Å². The minimum atomic E-state index is 0.977. The number of hydrogen-bond acceptors (Lipinski definition) is 1. The molecule has 0 fully saturated rings. The maximum atomic E-state index is 4.46. The molecule has 2 rings (SSSR count). The van der Waals surface area contributed by atoms with Crippen molar-refractivity contribution in [1.82, 2.24) is 9.55 Å². The Bertz CT molecular complexity index is 460. The van der Waals surface area contributed by atoms with Crippen molar-refractivity contribution >= 4 is 0 Å². The molecule has 2 heterocycles. The van der Waals surface area contributed by atoms with E-state index in [-0.39, 0.29) is 0 Å². The van der Waals surface area contributed by atoms with Gasteiger partial charge in [-0.05, 0) is 25.5 Å². The Kier molecular flexibility index (Phi) is 3.91. The van der Waals surface area contributed by atoms with E-state index in [1.54, 1.807) is 0 Å². The minimum absolute atomic E-state index is 0.977. The minimum Gasteiger partial charge on any atom is -0.248 e. The van der Waals surface area contributed by atoms with E-state index in [1.165, 1.54) is 18.7 Å². The highest BCUT2D eigenvalue weighted by atomic mass is 15.2. The molecule has 17 heavy (non-hydrogen) atoms. The van der Waals surface area contributed by atoms with Crippen LogP contribution in [0.25, 0.3) is 11.5 Å². The lowest BCUT2D eigenvalue weighted by Gasteiger charge is -2.02. The molecule has 0 N–H and O–H groups in total. The summed E-state index contributed by atoms with van der Waals surface area (Å²) in [5.74, 6) is 1.21. The third-order valence-corrected chi connectivity index (χ3v) is 2.96. The monoisotopic (exact) mass is 230 g/mol. The van der Waals surface area contributed by atoms with Crippen molar-refractivity contribution in [2.75, 3.05) is 0 Å². The Labute approximate surface area is 103 Å². The summed E-state index contributed by atoms with van der Waals surface area (Å²) in [4.78, 5) is 4.46. The van der Waals surface area contributed by atoms with Crippen LogP contribution in [0.5, 0.6) is 0 Å². The second-order valence-corrected chi connectivity index (χ2v) is 4.17. The zero-order valence-corrected chi connectivity index (χ0v) is 10.6. The standard InChI is InChI=1S/C14H20N3/c1-3-5-10-17-12-11-16(4-2)14(17)13-8-6-7-9-15-13/h6-9,11-12H,3-5,10H2,1-2H3/q+1. The summed E-state index contributed by atoms with van der Waals surface area (Å²) in [6, 6.07) is 6.07. The van der Waals surface area contributed by atoms with Crippen molar-refractivity contribution in [2.45, 2.75) is 39.8 Å². The molecule has 0 aliphatic rings. The van der Waals surface area contributed by atoms with Crippen molar-refractivity contribution in [3.8, 4) is 11.5 Å². The fourth-order valence-corrected chi connectivity index (χ4v) is 2.02. The van der Waals surface area contributed by atoms with E-state index >= 15 is 0 Å². The molecule has 0 radical (unpaired) electrons. The van der Waals surface area contributed by atoms with Gasteiger partial charge in [0.25, 0.3) is 0 Å². The second kappa shape index (κ2) is 5.62. The Morgan fingerprint density at radius 3 is 2.82 bits per heavy atom. The fourth-order valence-electron chi connectivity index (χ4n) is 2.02. The molecule has 2 aromatic rings. The summed E-state index contributed by atoms with van der Waals surface area (Å²) in [6.45, 7) is 6.43. The van der Waals surface area contributed by atoms with Gasteiger partial charge in [-0.1, -0.05) is 19.4 Å². The van der Waals surface area contributed by atoms with E-state index in [4.69, 9.17) is 0 Å². The highest BCUT2D eigenvalue weighted by Gasteiger charge is 2.18. The molecule has 3 heteroatoms. The van der Waals surface area contributed by atoms with Gasteiger partial charge in [0.2, 0.25) is 0 Å². The van der Waals surface area contributed by atoms with Gasteiger partial charge in [0, 0.05) is 6.20 Å². The van der Waals surface area contributed by atoms with Crippen LogP contribution in [-0.2, 0) is 13.1 Å². The number of pyridine rings is 1. The third kappa shape index (κ3) is 2.54. The van der Waals surface area contributed by atoms with Crippen molar-refractivity contribution < 1.29 is 4.57 Å². The van der Waals surface area contributed by atoms with Crippen LogP contribution in [-0.4, -0.2) is 9.55 Å². The van der Waals surface area contributed by atoms with E-state index < -0.39 is 0 Å². The molecule has 0 aromatic carbocycles. The topological polar surface area (TPSA) is 21.7 Å². The smallest absolute Gasteiger partial charge is 0.248 e. The van der Waals surface area contributed by atoms with Gasteiger partial charge >= 0.3 is 5.82 Å². The highest BCUT2D eigenvalue weighted by Crippen LogP contribution is 2.12. The number of aromatic nitrogens is 3. The summed E-state index contributed by atoms with van der Waals surface area (Å²) in [5.41, 5.74) is 1.05. The molecule has 90 valence electrons. The Morgan fingerprint density at radius 2 is 2.18 bits per heavy atom. The van der Waals surface area contributed by atoms with E-state index in [0.717, 1.165) is 18.8 Å². The lowest BCUT2D eigenvalue weighted by molar-refractivity contribution is -0.686. The molecule has 2 aromatic heterocycles. The summed E-state index contributed by atoms with van der Waals surface area (Å²) >= 11 is 0. The molecule has 0 saturated carbocycles. The van der Waals surface area contributed by atoms with Gasteiger partial charge in [-0.2, -0.15) is 0 Å². The van der Waals surface area contributed by atoms with Gasteiger partial charge < -0.3 is 0 Å². The molecule has 0 spiro atoms. The van der Waals surface area contributed by atoms with Crippen LogP contribution in [0.1, 0.15) is 26.7 Å². The predicted octanol–water partition coefficient (Wildman–Crippen LogP) is 2.66. The maximum absolute atomic E-state index is 4.46. The first kappa shape index (κ1) is 11.8. The molecular formula is C14H20N3+. The van der Waals surface area contributed by atoms with Crippen LogP contribution < -0.4 is 4.57 Å². The predicted molar refractivity (Wildman–Crippen MR) is 68.4 cm³/mol. The van der Waals surface area contributed by atoms with Crippen molar-refractivity contribution in [3.63, 3.8) is 0 Å². The van der Waals surface area contributed by atoms with E-state index in [9.17, 15) is 0 Å². The van der Waals surface area contributed by atoms with Gasteiger partial charge in [0.05, 0.1) is 13.1 Å². The Balaban J connectivity index is 2.39. The number of rotatable bonds is 5. The van der Waals surface area contributed by atoms with Crippen LogP contribution in [0, 0.1) is 0 Å². The SMILES string of the molecule is CCCC[n+]1ccn(CC)c1-c1ccccn1. The Morgan fingerprint density at radius 1 is 1.29 bits per heavy atom. The van der Waals surface area contributed by atoms with Gasteiger partial charge in [0.1, 0.15) is 12.4 Å². The number of imidazole rings is 1. The highest BCUT2D eigenvalue weighted by molar-refractivity contribution is 5.45. The average Bonchev–Trinajstić information content (AvgIpc) is 2.80. The second-order valence-electron chi connectivity index (χ2n) is 4.17. The molecular weight excluding hydrogens is 210 g/mol. The van der Waals surface area contributed by atoms with Gasteiger partial charge in [-0.3, -0.25) is 0 Å². The quantitative estimate of drug-likeness (QED) is 0.724. The first-order chi connectivity index (χ1) is 8.36. The maximum Gasteiger partial charge on any atom is 0.307 e. The van der Waals surface area contributed by atoms with Crippen LogP contribution in [0.15, 0.2) is 36.8 Å². The first-order valence-electron chi connectivity index (χ1n) is 6.36. The summed E-state index contributed by atoms with van der Waals surface area (Å²) in [7, 11) is 0. The van der Waals surface area contributed by atoms with Crippen LogP contribution in [0.4, 0.5) is 0 Å². The van der Waals surface area contributed by atoms with Crippen LogP contribution >= 0.6 is 0 Å². The molecule has 0 bridgehead atoms.